The van der Waals surface area contributed by atoms with Crippen molar-refractivity contribution in [3.05, 3.63) is 70.8 Å². The first-order valence-electron chi connectivity index (χ1n) is 10.7. The quantitative estimate of drug-likeness (QED) is 0.773. The monoisotopic (exact) mass is 416 g/mol. The largest absolute Gasteiger partial charge is 0.497 e. The van der Waals surface area contributed by atoms with E-state index in [-0.39, 0.29) is 24.3 Å². The zero-order valence-electron chi connectivity index (χ0n) is 17.4. The number of carbonyl (C=O) groups excluding carboxylic acids is 3. The summed E-state index contributed by atoms with van der Waals surface area (Å²) in [4.78, 5) is 40.5. The van der Waals surface area contributed by atoms with Gasteiger partial charge in [0.2, 0.25) is 0 Å². The second-order valence-electron chi connectivity index (χ2n) is 8.42. The SMILES string of the molecule is COc1ccc(C2=C(CN3C(=O)c4ccccc4C3=O)C3(CCCCC3)NC2=O)cc1. The molecule has 2 heterocycles. The smallest absolute Gasteiger partial charge is 0.261 e. The number of hydrogen-bond acceptors (Lipinski definition) is 4. The molecule has 1 N–H and O–H groups in total. The van der Waals surface area contributed by atoms with Gasteiger partial charge in [0.15, 0.2) is 0 Å². The van der Waals surface area contributed by atoms with Crippen LogP contribution in [0.25, 0.3) is 5.57 Å². The fourth-order valence-corrected chi connectivity index (χ4v) is 5.15. The molecule has 0 bridgehead atoms. The van der Waals surface area contributed by atoms with Crippen LogP contribution in [0.4, 0.5) is 0 Å². The van der Waals surface area contributed by atoms with Gasteiger partial charge in [0, 0.05) is 5.57 Å². The number of ether oxygens (including phenoxy) is 1. The van der Waals surface area contributed by atoms with Crippen LogP contribution in [0, 0.1) is 0 Å². The molecule has 1 spiro atoms. The number of imide groups is 1. The molecular formula is C25H24N2O4. The van der Waals surface area contributed by atoms with Crippen LogP contribution in [0.1, 0.15) is 58.4 Å². The predicted octanol–water partition coefficient (Wildman–Crippen LogP) is 3.58. The van der Waals surface area contributed by atoms with E-state index in [2.05, 4.69) is 5.32 Å². The molecule has 6 heteroatoms. The summed E-state index contributed by atoms with van der Waals surface area (Å²) in [5.41, 5.74) is 2.54. The van der Waals surface area contributed by atoms with Crippen molar-refractivity contribution in [1.29, 1.82) is 0 Å². The minimum absolute atomic E-state index is 0.118. The normalized spacial score (nSPS) is 19.8. The number of hydrogen-bond donors (Lipinski definition) is 1. The van der Waals surface area contributed by atoms with Crippen molar-refractivity contribution < 1.29 is 19.1 Å². The van der Waals surface area contributed by atoms with Crippen LogP contribution in [-0.4, -0.2) is 41.8 Å². The molecule has 2 aromatic rings. The lowest BCUT2D eigenvalue weighted by Crippen LogP contribution is -2.48. The Morgan fingerprint density at radius 2 is 1.52 bits per heavy atom. The number of fused-ring (bicyclic) bond motifs is 1. The summed E-state index contributed by atoms with van der Waals surface area (Å²) in [6.07, 6.45) is 4.76. The number of carbonyl (C=O) groups is 3. The molecule has 0 saturated heterocycles. The van der Waals surface area contributed by atoms with E-state index in [0.717, 1.165) is 43.2 Å². The summed E-state index contributed by atoms with van der Waals surface area (Å²) in [6.45, 7) is 0.118. The van der Waals surface area contributed by atoms with Crippen molar-refractivity contribution >= 4 is 23.3 Å². The van der Waals surface area contributed by atoms with Gasteiger partial charge in [-0.1, -0.05) is 43.5 Å². The van der Waals surface area contributed by atoms with Crippen LogP contribution in [0.2, 0.25) is 0 Å². The van der Waals surface area contributed by atoms with Crippen LogP contribution >= 0.6 is 0 Å². The number of amides is 3. The maximum Gasteiger partial charge on any atom is 0.261 e. The molecule has 1 aliphatic carbocycles. The molecule has 158 valence electrons. The summed E-state index contributed by atoms with van der Waals surface area (Å²) >= 11 is 0. The van der Waals surface area contributed by atoms with Gasteiger partial charge in [0.1, 0.15) is 5.75 Å². The van der Waals surface area contributed by atoms with Crippen molar-refractivity contribution in [1.82, 2.24) is 10.2 Å². The molecule has 0 atom stereocenters. The Hall–Kier alpha value is -3.41. The zero-order chi connectivity index (χ0) is 21.6. The summed E-state index contributed by atoms with van der Waals surface area (Å²) < 4.78 is 5.25. The Bertz CT molecular complexity index is 1080. The van der Waals surface area contributed by atoms with Gasteiger partial charge >= 0.3 is 0 Å². The van der Waals surface area contributed by atoms with Gasteiger partial charge in [0.25, 0.3) is 17.7 Å². The van der Waals surface area contributed by atoms with E-state index in [1.165, 1.54) is 4.90 Å². The van der Waals surface area contributed by atoms with Crippen LogP contribution in [0.15, 0.2) is 54.1 Å². The van der Waals surface area contributed by atoms with Crippen molar-refractivity contribution in [2.24, 2.45) is 0 Å². The van der Waals surface area contributed by atoms with Crippen LogP contribution < -0.4 is 10.1 Å². The first-order chi connectivity index (χ1) is 15.0. The molecule has 0 aromatic heterocycles. The third kappa shape index (κ3) is 3.05. The standard InChI is InChI=1S/C25H24N2O4/c1-31-17-11-9-16(10-12-17)21-20(25(26-22(21)28)13-5-2-6-14-25)15-27-23(29)18-7-3-4-8-19(18)24(27)30/h3-4,7-12H,2,5-6,13-15H2,1H3,(H,26,28). The van der Waals surface area contributed by atoms with Crippen molar-refractivity contribution in [3.8, 4) is 5.75 Å². The molecule has 6 nitrogen and oxygen atoms in total. The second-order valence-corrected chi connectivity index (χ2v) is 8.42. The topological polar surface area (TPSA) is 75.7 Å². The van der Waals surface area contributed by atoms with Gasteiger partial charge in [-0.2, -0.15) is 0 Å². The molecule has 2 aliphatic heterocycles. The lowest BCUT2D eigenvalue weighted by molar-refractivity contribution is -0.116. The Morgan fingerprint density at radius 3 is 2.10 bits per heavy atom. The highest BCUT2D eigenvalue weighted by Crippen LogP contribution is 2.43. The van der Waals surface area contributed by atoms with E-state index in [4.69, 9.17) is 4.74 Å². The molecular weight excluding hydrogens is 392 g/mol. The Morgan fingerprint density at radius 1 is 0.903 bits per heavy atom. The van der Waals surface area contributed by atoms with Gasteiger partial charge in [0.05, 0.1) is 30.3 Å². The lowest BCUT2D eigenvalue weighted by atomic mass is 9.76. The van der Waals surface area contributed by atoms with Gasteiger partial charge in [-0.05, 0) is 48.2 Å². The van der Waals surface area contributed by atoms with Crippen molar-refractivity contribution in [3.63, 3.8) is 0 Å². The van der Waals surface area contributed by atoms with E-state index in [0.29, 0.717) is 22.4 Å². The molecule has 3 aliphatic rings. The van der Waals surface area contributed by atoms with E-state index in [1.54, 1.807) is 31.4 Å². The van der Waals surface area contributed by atoms with Crippen LogP contribution in [0.5, 0.6) is 5.75 Å². The number of methoxy groups -OCH3 is 1. The van der Waals surface area contributed by atoms with E-state index in [9.17, 15) is 14.4 Å². The maximum absolute atomic E-state index is 13.2. The maximum atomic E-state index is 13.2. The summed E-state index contributed by atoms with van der Waals surface area (Å²) in [7, 11) is 1.60. The summed E-state index contributed by atoms with van der Waals surface area (Å²) in [6, 6.07) is 14.3. The predicted molar refractivity (Wildman–Crippen MR) is 116 cm³/mol. The molecule has 3 amide bonds. The Balaban J connectivity index is 1.60. The summed E-state index contributed by atoms with van der Waals surface area (Å²) in [5.74, 6) is -0.0318. The molecule has 1 fully saturated rings. The average molecular weight is 416 g/mol. The minimum atomic E-state index is -0.500. The number of benzene rings is 2. The van der Waals surface area contributed by atoms with Crippen molar-refractivity contribution in [2.45, 2.75) is 37.6 Å². The highest BCUT2D eigenvalue weighted by Gasteiger charge is 2.48. The van der Waals surface area contributed by atoms with Crippen molar-refractivity contribution in [2.75, 3.05) is 13.7 Å². The van der Waals surface area contributed by atoms with Crippen LogP contribution in [0.3, 0.4) is 0 Å². The molecule has 2 aromatic carbocycles. The highest BCUT2D eigenvalue weighted by molar-refractivity contribution is 6.25. The first kappa shape index (κ1) is 19.5. The van der Waals surface area contributed by atoms with Gasteiger partial charge < -0.3 is 10.1 Å². The lowest BCUT2D eigenvalue weighted by Gasteiger charge is -2.37. The minimum Gasteiger partial charge on any atom is -0.497 e. The van der Waals surface area contributed by atoms with E-state index < -0.39 is 5.54 Å². The molecule has 0 radical (unpaired) electrons. The van der Waals surface area contributed by atoms with E-state index >= 15 is 0 Å². The number of rotatable bonds is 4. The fraction of sp³-hybridized carbons (Fsp3) is 0.320. The zero-order valence-corrected chi connectivity index (χ0v) is 17.4. The summed E-state index contributed by atoms with van der Waals surface area (Å²) in [5, 5.41) is 3.23. The third-order valence-electron chi connectivity index (χ3n) is 6.74. The molecule has 1 saturated carbocycles. The molecule has 0 unspecified atom stereocenters. The average Bonchev–Trinajstić information content (AvgIpc) is 3.20. The van der Waals surface area contributed by atoms with Gasteiger partial charge in [-0.25, -0.2) is 0 Å². The van der Waals surface area contributed by atoms with Gasteiger partial charge in [-0.3, -0.25) is 19.3 Å². The first-order valence-corrected chi connectivity index (χ1v) is 10.7. The van der Waals surface area contributed by atoms with Gasteiger partial charge in [-0.15, -0.1) is 0 Å². The Labute approximate surface area is 180 Å². The fourth-order valence-electron chi connectivity index (χ4n) is 5.15. The Kier molecular flexibility index (Phi) is 4.65. The number of nitrogens with zero attached hydrogens (tertiary/aromatic N) is 1. The third-order valence-corrected chi connectivity index (χ3v) is 6.74. The molecule has 31 heavy (non-hydrogen) atoms. The molecule has 5 rings (SSSR count). The second kappa shape index (κ2) is 7.38. The van der Waals surface area contributed by atoms with Crippen LogP contribution in [-0.2, 0) is 4.79 Å². The highest BCUT2D eigenvalue weighted by atomic mass is 16.5. The van der Waals surface area contributed by atoms with E-state index in [1.807, 2.05) is 24.3 Å². The number of nitrogens with one attached hydrogen (secondary N) is 1.